The number of nitrogens with two attached hydrogens (primary N) is 1. The van der Waals surface area contributed by atoms with Crippen molar-refractivity contribution < 1.29 is 9.90 Å². The van der Waals surface area contributed by atoms with E-state index in [0.717, 1.165) is 25.8 Å². The molecule has 0 radical (unpaired) electrons. The van der Waals surface area contributed by atoms with Crippen molar-refractivity contribution in [1.29, 1.82) is 0 Å². The Bertz CT molecular complexity index is 440. The molecule has 112 valence electrons. The Morgan fingerprint density at radius 1 is 1.40 bits per heavy atom. The first-order chi connectivity index (χ1) is 9.52. The van der Waals surface area contributed by atoms with Crippen LogP contribution < -0.4 is 11.1 Å². The van der Waals surface area contributed by atoms with Crippen molar-refractivity contribution in [2.75, 3.05) is 37.8 Å². The Morgan fingerprint density at radius 2 is 2.15 bits per heavy atom. The number of aliphatic hydroxyl groups is 1. The van der Waals surface area contributed by atoms with Gasteiger partial charge in [-0.25, -0.2) is 0 Å². The zero-order valence-electron chi connectivity index (χ0n) is 11.7. The minimum absolute atomic E-state index is 0.122. The number of hydrogen-bond donors (Lipinski definition) is 3. The molecule has 0 aliphatic carbocycles. The van der Waals surface area contributed by atoms with Gasteiger partial charge in [-0.1, -0.05) is 11.6 Å². The van der Waals surface area contributed by atoms with Crippen LogP contribution in [0.1, 0.15) is 19.3 Å². The molecule has 0 saturated carbocycles. The van der Waals surface area contributed by atoms with Gasteiger partial charge in [-0.05, 0) is 51.1 Å². The zero-order valence-corrected chi connectivity index (χ0v) is 12.5. The van der Waals surface area contributed by atoms with E-state index in [0.29, 0.717) is 22.9 Å². The highest BCUT2D eigenvalue weighted by atomic mass is 35.5. The third-order valence-electron chi connectivity index (χ3n) is 2.90. The number of benzene rings is 1. The van der Waals surface area contributed by atoms with Crippen molar-refractivity contribution >= 4 is 28.9 Å². The van der Waals surface area contributed by atoms with Crippen molar-refractivity contribution in [2.24, 2.45) is 0 Å². The van der Waals surface area contributed by atoms with Crippen LogP contribution in [-0.2, 0) is 4.79 Å². The summed E-state index contributed by atoms with van der Waals surface area (Å²) in [5.41, 5.74) is 6.80. The summed E-state index contributed by atoms with van der Waals surface area (Å²) in [4.78, 5) is 13.8. The van der Waals surface area contributed by atoms with E-state index in [1.54, 1.807) is 18.2 Å². The fourth-order valence-corrected chi connectivity index (χ4v) is 1.99. The van der Waals surface area contributed by atoms with Crippen LogP contribution in [0.4, 0.5) is 11.4 Å². The first-order valence-corrected chi connectivity index (χ1v) is 7.05. The normalized spacial score (nSPS) is 10.8. The number of halogens is 1. The van der Waals surface area contributed by atoms with Crippen LogP contribution in [0, 0.1) is 0 Å². The van der Waals surface area contributed by atoms with Crippen molar-refractivity contribution in [3.63, 3.8) is 0 Å². The molecule has 1 amide bonds. The summed E-state index contributed by atoms with van der Waals surface area (Å²) in [6.07, 6.45) is 2.73. The minimum Gasteiger partial charge on any atom is -0.397 e. The molecule has 0 saturated heterocycles. The average molecular weight is 300 g/mol. The fraction of sp³-hybridized carbons (Fsp3) is 0.500. The van der Waals surface area contributed by atoms with Gasteiger partial charge in [0.25, 0.3) is 0 Å². The Labute approximate surface area is 124 Å². The number of nitrogens with one attached hydrogen (secondary N) is 1. The van der Waals surface area contributed by atoms with E-state index in [1.165, 1.54) is 0 Å². The number of unbranched alkanes of at least 4 members (excludes halogenated alkanes) is 2. The van der Waals surface area contributed by atoms with Crippen LogP contribution in [0.25, 0.3) is 0 Å². The first-order valence-electron chi connectivity index (χ1n) is 6.67. The Morgan fingerprint density at radius 3 is 2.85 bits per heavy atom. The van der Waals surface area contributed by atoms with E-state index < -0.39 is 0 Å². The van der Waals surface area contributed by atoms with Crippen molar-refractivity contribution in [1.82, 2.24) is 4.90 Å². The van der Waals surface area contributed by atoms with Gasteiger partial charge in [-0.3, -0.25) is 9.69 Å². The summed E-state index contributed by atoms with van der Waals surface area (Å²) in [7, 11) is 1.89. The second kappa shape index (κ2) is 8.79. The van der Waals surface area contributed by atoms with E-state index in [4.69, 9.17) is 22.4 Å². The van der Waals surface area contributed by atoms with E-state index in [1.807, 2.05) is 11.9 Å². The Balaban J connectivity index is 2.37. The maximum atomic E-state index is 11.9. The highest BCUT2D eigenvalue weighted by Gasteiger charge is 2.08. The third kappa shape index (κ3) is 6.23. The number of nitrogens with zero attached hydrogens (tertiary/aromatic N) is 1. The Hall–Kier alpha value is -1.30. The molecule has 1 rings (SSSR count). The molecule has 0 fully saturated rings. The van der Waals surface area contributed by atoms with Gasteiger partial charge in [0.15, 0.2) is 0 Å². The number of amides is 1. The number of likely N-dealkylation sites (N-methyl/N-ethyl adjacent to an activating group) is 1. The second-order valence-corrected chi connectivity index (χ2v) is 5.24. The maximum Gasteiger partial charge on any atom is 0.238 e. The van der Waals surface area contributed by atoms with Gasteiger partial charge in [-0.2, -0.15) is 0 Å². The molecule has 0 bridgehead atoms. The number of aliphatic hydroxyl groups excluding tert-OH is 1. The lowest BCUT2D eigenvalue weighted by Gasteiger charge is -2.16. The van der Waals surface area contributed by atoms with E-state index >= 15 is 0 Å². The SMILES string of the molecule is CN(CCCCCO)CC(=O)Nc1cc(Cl)ccc1N. The molecule has 0 spiro atoms. The lowest BCUT2D eigenvalue weighted by molar-refractivity contribution is -0.117. The van der Waals surface area contributed by atoms with Crippen LogP contribution in [0.5, 0.6) is 0 Å². The fourth-order valence-electron chi connectivity index (χ4n) is 1.82. The molecule has 0 aliphatic rings. The summed E-state index contributed by atoms with van der Waals surface area (Å²) >= 11 is 5.87. The lowest BCUT2D eigenvalue weighted by atomic mass is 10.2. The quantitative estimate of drug-likeness (QED) is 0.506. The maximum absolute atomic E-state index is 11.9. The number of carbonyl (C=O) groups is 1. The van der Waals surface area contributed by atoms with Gasteiger partial charge in [0.2, 0.25) is 5.91 Å². The predicted octanol–water partition coefficient (Wildman–Crippen LogP) is 1.96. The number of carbonyl (C=O) groups excluding carboxylic acids is 1. The molecule has 1 aromatic rings. The van der Waals surface area contributed by atoms with Crippen LogP contribution in [0.15, 0.2) is 18.2 Å². The van der Waals surface area contributed by atoms with Gasteiger partial charge in [0.05, 0.1) is 17.9 Å². The first kappa shape index (κ1) is 16.8. The highest BCUT2D eigenvalue weighted by Crippen LogP contribution is 2.22. The van der Waals surface area contributed by atoms with E-state index in [2.05, 4.69) is 5.32 Å². The second-order valence-electron chi connectivity index (χ2n) is 4.80. The molecule has 5 nitrogen and oxygen atoms in total. The monoisotopic (exact) mass is 299 g/mol. The highest BCUT2D eigenvalue weighted by molar-refractivity contribution is 6.31. The van der Waals surface area contributed by atoms with Gasteiger partial charge in [-0.15, -0.1) is 0 Å². The smallest absolute Gasteiger partial charge is 0.238 e. The molecule has 6 heteroatoms. The van der Waals surface area contributed by atoms with Crippen LogP contribution in [0.3, 0.4) is 0 Å². The number of nitrogen functional groups attached to an aromatic ring is 1. The van der Waals surface area contributed by atoms with Crippen molar-refractivity contribution in [2.45, 2.75) is 19.3 Å². The van der Waals surface area contributed by atoms with Gasteiger partial charge in [0.1, 0.15) is 0 Å². The number of anilines is 2. The summed E-state index contributed by atoms with van der Waals surface area (Å²) in [6, 6.07) is 4.98. The van der Waals surface area contributed by atoms with Crippen LogP contribution in [0.2, 0.25) is 5.02 Å². The van der Waals surface area contributed by atoms with Crippen LogP contribution >= 0.6 is 11.6 Å². The number of hydrogen-bond acceptors (Lipinski definition) is 4. The number of rotatable bonds is 8. The van der Waals surface area contributed by atoms with E-state index in [9.17, 15) is 4.79 Å². The summed E-state index contributed by atoms with van der Waals surface area (Å²) in [6.45, 7) is 1.34. The largest absolute Gasteiger partial charge is 0.397 e. The molecular formula is C14H22ClN3O2. The molecule has 0 unspecified atom stereocenters. The standard InChI is InChI=1S/C14H22ClN3O2/c1-18(7-3-2-4-8-19)10-14(20)17-13-9-11(15)5-6-12(13)16/h5-6,9,19H,2-4,7-8,10,16H2,1H3,(H,17,20). The summed E-state index contributed by atoms with van der Waals surface area (Å²) < 4.78 is 0. The molecule has 0 heterocycles. The lowest BCUT2D eigenvalue weighted by Crippen LogP contribution is -2.31. The molecule has 0 atom stereocenters. The average Bonchev–Trinajstić information content (AvgIpc) is 2.39. The summed E-state index contributed by atoms with van der Waals surface area (Å²) in [5, 5.41) is 12.0. The predicted molar refractivity (Wildman–Crippen MR) is 82.9 cm³/mol. The van der Waals surface area contributed by atoms with Crippen LogP contribution in [-0.4, -0.2) is 42.7 Å². The molecule has 0 aliphatic heterocycles. The molecule has 1 aromatic carbocycles. The Kier molecular flexibility index (Phi) is 7.36. The molecule has 0 aromatic heterocycles. The van der Waals surface area contributed by atoms with Crippen molar-refractivity contribution in [3.8, 4) is 0 Å². The van der Waals surface area contributed by atoms with Crippen molar-refractivity contribution in [3.05, 3.63) is 23.2 Å². The molecule has 4 N–H and O–H groups in total. The molecular weight excluding hydrogens is 278 g/mol. The van der Waals surface area contributed by atoms with Gasteiger partial charge < -0.3 is 16.2 Å². The summed E-state index contributed by atoms with van der Waals surface area (Å²) in [5.74, 6) is -0.122. The van der Waals surface area contributed by atoms with E-state index in [-0.39, 0.29) is 12.5 Å². The third-order valence-corrected chi connectivity index (χ3v) is 3.14. The topological polar surface area (TPSA) is 78.6 Å². The van der Waals surface area contributed by atoms with Gasteiger partial charge >= 0.3 is 0 Å². The minimum atomic E-state index is -0.122. The van der Waals surface area contributed by atoms with Gasteiger partial charge in [0, 0.05) is 11.6 Å². The zero-order chi connectivity index (χ0) is 15.0. The molecule has 20 heavy (non-hydrogen) atoms.